The van der Waals surface area contributed by atoms with Crippen LogP contribution >= 0.6 is 0 Å². The van der Waals surface area contributed by atoms with Crippen LogP contribution in [0.3, 0.4) is 0 Å². The number of nitrogens with zero attached hydrogens (tertiary/aromatic N) is 1. The number of amides is 1. The summed E-state index contributed by atoms with van der Waals surface area (Å²) >= 11 is 0. The summed E-state index contributed by atoms with van der Waals surface area (Å²) in [7, 11) is 0. The van der Waals surface area contributed by atoms with Gasteiger partial charge < -0.3 is 10.2 Å². The van der Waals surface area contributed by atoms with E-state index in [0.717, 1.165) is 5.56 Å². The second-order valence-electron chi connectivity index (χ2n) is 4.93. The van der Waals surface area contributed by atoms with Crippen LogP contribution in [0.25, 0.3) is 0 Å². The van der Waals surface area contributed by atoms with Gasteiger partial charge in [-0.25, -0.2) is 5.06 Å². The molecule has 1 atom stereocenters. The highest BCUT2D eigenvalue weighted by Crippen LogP contribution is 2.11. The first-order chi connectivity index (χ1) is 10.4. The SMILES string of the molecule is O=C(O)CCC(CN(O)C(=O)CCc1ccccc1)C(=O)O. The lowest BCUT2D eigenvalue weighted by Crippen LogP contribution is -2.35. The van der Waals surface area contributed by atoms with Gasteiger partial charge in [-0.3, -0.25) is 19.6 Å². The highest BCUT2D eigenvalue weighted by molar-refractivity contribution is 5.77. The molecule has 120 valence electrons. The lowest BCUT2D eigenvalue weighted by molar-refractivity contribution is -0.171. The predicted octanol–water partition coefficient (Wildman–Crippen LogP) is 1.40. The van der Waals surface area contributed by atoms with Crippen LogP contribution in [0.2, 0.25) is 0 Å². The summed E-state index contributed by atoms with van der Waals surface area (Å²) in [6.07, 6.45) is 0.00604. The van der Waals surface area contributed by atoms with Gasteiger partial charge in [-0.15, -0.1) is 0 Å². The monoisotopic (exact) mass is 309 g/mol. The maximum atomic E-state index is 11.8. The number of carboxylic acids is 2. The van der Waals surface area contributed by atoms with Crippen LogP contribution in [0.4, 0.5) is 0 Å². The molecule has 0 heterocycles. The Bertz CT molecular complexity index is 516. The molecule has 0 saturated carbocycles. The molecule has 22 heavy (non-hydrogen) atoms. The van der Waals surface area contributed by atoms with E-state index in [2.05, 4.69) is 0 Å². The Morgan fingerprint density at radius 2 is 1.68 bits per heavy atom. The Balaban J connectivity index is 2.46. The van der Waals surface area contributed by atoms with E-state index < -0.39 is 30.3 Å². The number of benzene rings is 1. The number of rotatable bonds is 9. The maximum Gasteiger partial charge on any atom is 0.308 e. The fraction of sp³-hybridized carbons (Fsp3) is 0.400. The zero-order valence-corrected chi connectivity index (χ0v) is 12.0. The minimum absolute atomic E-state index is 0.0474. The molecule has 0 fully saturated rings. The number of carbonyl (C=O) groups excluding carboxylic acids is 1. The summed E-state index contributed by atoms with van der Waals surface area (Å²) in [5, 5.41) is 27.6. The highest BCUT2D eigenvalue weighted by atomic mass is 16.5. The lowest BCUT2D eigenvalue weighted by atomic mass is 10.0. The van der Waals surface area contributed by atoms with Crippen LogP contribution < -0.4 is 0 Å². The third-order valence-corrected chi connectivity index (χ3v) is 3.21. The minimum Gasteiger partial charge on any atom is -0.481 e. The molecule has 0 aromatic heterocycles. The lowest BCUT2D eigenvalue weighted by Gasteiger charge is -2.19. The quantitative estimate of drug-likeness (QED) is 0.469. The smallest absolute Gasteiger partial charge is 0.308 e. The van der Waals surface area contributed by atoms with E-state index in [4.69, 9.17) is 10.2 Å². The van der Waals surface area contributed by atoms with Crippen LogP contribution in [0.5, 0.6) is 0 Å². The molecular weight excluding hydrogens is 290 g/mol. The number of carbonyl (C=O) groups is 3. The normalized spacial score (nSPS) is 11.7. The first-order valence-electron chi connectivity index (χ1n) is 6.88. The van der Waals surface area contributed by atoms with Gasteiger partial charge in [-0.05, 0) is 18.4 Å². The van der Waals surface area contributed by atoms with E-state index in [0.29, 0.717) is 11.5 Å². The molecule has 1 amide bonds. The van der Waals surface area contributed by atoms with E-state index in [1.54, 1.807) is 0 Å². The Kier molecular flexibility index (Phi) is 7.04. The maximum absolute atomic E-state index is 11.8. The Labute approximate surface area is 127 Å². The van der Waals surface area contributed by atoms with Gasteiger partial charge in [0.2, 0.25) is 5.91 Å². The molecule has 0 aliphatic carbocycles. The summed E-state index contributed by atoms with van der Waals surface area (Å²) in [4.78, 5) is 33.3. The van der Waals surface area contributed by atoms with Crippen LogP contribution in [0.15, 0.2) is 30.3 Å². The number of hydrogen-bond donors (Lipinski definition) is 3. The van der Waals surface area contributed by atoms with Gasteiger partial charge in [0.15, 0.2) is 0 Å². The standard InChI is InChI=1S/C15H19NO6/c17-13(8-6-11-4-2-1-3-5-11)16(22)10-12(15(20)21)7-9-14(18)19/h1-5,12,22H,6-10H2,(H,18,19)(H,20,21). The molecule has 0 saturated heterocycles. The van der Waals surface area contributed by atoms with Crippen molar-refractivity contribution in [3.8, 4) is 0 Å². The molecule has 3 N–H and O–H groups in total. The molecule has 0 spiro atoms. The van der Waals surface area contributed by atoms with Gasteiger partial charge in [0.25, 0.3) is 0 Å². The van der Waals surface area contributed by atoms with E-state index in [1.807, 2.05) is 30.3 Å². The first kappa shape index (κ1) is 17.6. The summed E-state index contributed by atoms with van der Waals surface area (Å²) < 4.78 is 0. The van der Waals surface area contributed by atoms with Crippen LogP contribution in [-0.2, 0) is 20.8 Å². The zero-order chi connectivity index (χ0) is 16.5. The van der Waals surface area contributed by atoms with E-state index in [1.165, 1.54) is 0 Å². The molecule has 0 aliphatic heterocycles. The second-order valence-corrected chi connectivity index (χ2v) is 4.93. The number of aryl methyl sites for hydroxylation is 1. The fourth-order valence-corrected chi connectivity index (χ4v) is 1.93. The zero-order valence-electron chi connectivity index (χ0n) is 12.0. The van der Waals surface area contributed by atoms with Crippen molar-refractivity contribution < 1.29 is 29.8 Å². The summed E-state index contributed by atoms with van der Waals surface area (Å²) in [5.74, 6) is -4.06. The number of carboxylic acid groups (broad SMARTS) is 2. The van der Waals surface area contributed by atoms with Gasteiger partial charge in [0.1, 0.15) is 0 Å². The molecule has 0 bridgehead atoms. The third-order valence-electron chi connectivity index (χ3n) is 3.21. The van der Waals surface area contributed by atoms with E-state index >= 15 is 0 Å². The van der Waals surface area contributed by atoms with Crippen molar-refractivity contribution in [2.45, 2.75) is 25.7 Å². The molecule has 7 heteroatoms. The topological polar surface area (TPSA) is 115 Å². The highest BCUT2D eigenvalue weighted by Gasteiger charge is 2.23. The Hall–Kier alpha value is -2.41. The average Bonchev–Trinajstić information content (AvgIpc) is 2.49. The van der Waals surface area contributed by atoms with Gasteiger partial charge in [0, 0.05) is 12.8 Å². The number of aliphatic carboxylic acids is 2. The number of hydrogen-bond acceptors (Lipinski definition) is 4. The summed E-state index contributed by atoms with van der Waals surface area (Å²) in [6, 6.07) is 9.22. The van der Waals surface area contributed by atoms with Crippen molar-refractivity contribution in [3.63, 3.8) is 0 Å². The van der Waals surface area contributed by atoms with Crippen molar-refractivity contribution in [3.05, 3.63) is 35.9 Å². The fourth-order valence-electron chi connectivity index (χ4n) is 1.93. The van der Waals surface area contributed by atoms with Crippen LogP contribution in [0.1, 0.15) is 24.8 Å². The van der Waals surface area contributed by atoms with Crippen LogP contribution in [0, 0.1) is 5.92 Å². The van der Waals surface area contributed by atoms with Crippen molar-refractivity contribution >= 4 is 17.8 Å². The summed E-state index contributed by atoms with van der Waals surface area (Å²) in [5.41, 5.74) is 0.935. The van der Waals surface area contributed by atoms with Gasteiger partial charge >= 0.3 is 11.9 Å². The Morgan fingerprint density at radius 1 is 1.05 bits per heavy atom. The van der Waals surface area contributed by atoms with E-state index in [-0.39, 0.29) is 19.3 Å². The number of hydroxylamine groups is 2. The third kappa shape index (κ3) is 6.36. The van der Waals surface area contributed by atoms with Crippen molar-refractivity contribution in [2.75, 3.05) is 6.54 Å². The second kappa shape index (κ2) is 8.78. The molecule has 1 aromatic rings. The van der Waals surface area contributed by atoms with Crippen LogP contribution in [-0.4, -0.2) is 44.9 Å². The van der Waals surface area contributed by atoms with Gasteiger partial charge in [-0.1, -0.05) is 30.3 Å². The van der Waals surface area contributed by atoms with Gasteiger partial charge in [-0.2, -0.15) is 0 Å². The molecular formula is C15H19NO6. The predicted molar refractivity (Wildman–Crippen MR) is 76.3 cm³/mol. The summed E-state index contributed by atoms with van der Waals surface area (Å²) in [6.45, 7) is -0.420. The van der Waals surface area contributed by atoms with Crippen molar-refractivity contribution in [2.24, 2.45) is 5.92 Å². The van der Waals surface area contributed by atoms with E-state index in [9.17, 15) is 19.6 Å². The Morgan fingerprint density at radius 3 is 2.23 bits per heavy atom. The largest absolute Gasteiger partial charge is 0.481 e. The molecule has 1 unspecified atom stereocenters. The molecule has 1 rings (SSSR count). The average molecular weight is 309 g/mol. The van der Waals surface area contributed by atoms with Crippen molar-refractivity contribution in [1.29, 1.82) is 0 Å². The molecule has 0 radical (unpaired) electrons. The minimum atomic E-state index is -1.24. The molecule has 1 aromatic carbocycles. The first-order valence-corrected chi connectivity index (χ1v) is 6.88. The van der Waals surface area contributed by atoms with Gasteiger partial charge in [0.05, 0.1) is 12.5 Å². The van der Waals surface area contributed by atoms with Crippen molar-refractivity contribution in [1.82, 2.24) is 5.06 Å². The molecule has 0 aliphatic rings. The molecule has 7 nitrogen and oxygen atoms in total.